The van der Waals surface area contributed by atoms with Crippen LogP contribution in [-0.4, -0.2) is 5.52 Å². The number of allylic oxidation sites excluding steroid dienone is 1. The van der Waals surface area contributed by atoms with Crippen molar-refractivity contribution < 1.29 is 9.63 Å². The van der Waals surface area contributed by atoms with Crippen LogP contribution in [0.5, 0.6) is 0 Å². The first-order chi connectivity index (χ1) is 3.27. The Balaban J connectivity index is 3.26. The molecule has 0 aliphatic carbocycles. The van der Waals surface area contributed by atoms with E-state index in [1.54, 1.807) is 0 Å². The minimum atomic E-state index is -0.162. The topological polar surface area (TPSA) is 52.3 Å². The van der Waals surface area contributed by atoms with Crippen LogP contribution in [-0.2, 0) is 9.63 Å². The molecule has 0 aliphatic heterocycles. The van der Waals surface area contributed by atoms with Crippen molar-refractivity contribution in [2.75, 3.05) is 0 Å². The lowest BCUT2D eigenvalue weighted by Crippen LogP contribution is -1.88. The molecule has 0 fully saturated rings. The zero-order valence-electron chi connectivity index (χ0n) is 3.63. The van der Waals surface area contributed by atoms with Gasteiger partial charge in [0.05, 0.1) is 0 Å². The number of hydrogen-bond acceptors (Lipinski definition) is 3. The highest BCUT2D eigenvalue weighted by atomic mass is 31.0. The maximum atomic E-state index is 9.94. The Morgan fingerprint density at radius 3 is 2.57 bits per heavy atom. The maximum absolute atomic E-state index is 9.94. The summed E-state index contributed by atoms with van der Waals surface area (Å²) in [5, 5.41) is 0. The molecular formula is C3H6NO2P. The number of rotatable bonds is 2. The Morgan fingerprint density at radius 1 is 1.86 bits per heavy atom. The van der Waals surface area contributed by atoms with Crippen LogP contribution in [0.3, 0.4) is 0 Å². The molecule has 0 aliphatic rings. The first-order valence-electron chi connectivity index (χ1n) is 1.59. The van der Waals surface area contributed by atoms with Gasteiger partial charge in [0.2, 0.25) is 0 Å². The minimum absolute atomic E-state index is 0.162. The minimum Gasteiger partial charge on any atom is -0.419 e. The van der Waals surface area contributed by atoms with Gasteiger partial charge >= 0.3 is 0 Å². The number of carbonyl (C=O) groups is 1. The predicted molar refractivity (Wildman–Crippen MR) is 29.1 cm³/mol. The third-order valence-electron chi connectivity index (χ3n) is 0.311. The van der Waals surface area contributed by atoms with E-state index >= 15 is 0 Å². The van der Waals surface area contributed by atoms with Crippen molar-refractivity contribution in [3.05, 3.63) is 12.3 Å². The molecule has 0 aromatic rings. The van der Waals surface area contributed by atoms with Gasteiger partial charge in [0, 0.05) is 6.08 Å². The molecule has 1 atom stereocenters. The number of hydrogen-bond donors (Lipinski definition) is 1. The normalized spacial score (nSPS) is 9.43. The Bertz CT molecular complexity index is 90.9. The molecule has 0 aromatic heterocycles. The molecule has 3 nitrogen and oxygen atoms in total. The van der Waals surface area contributed by atoms with Crippen molar-refractivity contribution in [2.24, 2.45) is 5.90 Å². The molecule has 0 saturated heterocycles. The van der Waals surface area contributed by atoms with Crippen LogP contribution >= 0.6 is 9.24 Å². The summed E-state index contributed by atoms with van der Waals surface area (Å²) in [4.78, 5) is 13.9. The smallest absolute Gasteiger partial charge is 0.174 e. The van der Waals surface area contributed by atoms with Crippen molar-refractivity contribution >= 4 is 14.8 Å². The van der Waals surface area contributed by atoms with Crippen molar-refractivity contribution in [1.29, 1.82) is 0 Å². The second-order valence-electron chi connectivity index (χ2n) is 0.841. The average molecular weight is 119 g/mol. The lowest BCUT2D eigenvalue weighted by molar-refractivity contribution is -0.107. The van der Waals surface area contributed by atoms with Crippen molar-refractivity contribution in [3.63, 3.8) is 0 Å². The van der Waals surface area contributed by atoms with Gasteiger partial charge in [-0.05, 0) is 0 Å². The molecule has 0 bridgehead atoms. The van der Waals surface area contributed by atoms with Crippen LogP contribution in [0.1, 0.15) is 0 Å². The summed E-state index contributed by atoms with van der Waals surface area (Å²) in [7, 11) is 1.95. The zero-order valence-corrected chi connectivity index (χ0v) is 4.78. The van der Waals surface area contributed by atoms with Gasteiger partial charge in [-0.3, -0.25) is 4.79 Å². The second-order valence-corrected chi connectivity index (χ2v) is 1.41. The Morgan fingerprint density at radius 2 is 2.43 bits per heavy atom. The quantitative estimate of drug-likeness (QED) is 0.237. The van der Waals surface area contributed by atoms with Gasteiger partial charge in [0.15, 0.2) is 5.52 Å². The molecule has 0 aromatic carbocycles. The third-order valence-corrected chi connectivity index (χ3v) is 0.503. The van der Waals surface area contributed by atoms with Crippen LogP contribution in [0.4, 0.5) is 0 Å². The Hall–Kier alpha value is -0.400. The van der Waals surface area contributed by atoms with Crippen molar-refractivity contribution in [2.45, 2.75) is 0 Å². The molecule has 0 spiro atoms. The Labute approximate surface area is 43.7 Å². The molecule has 0 saturated carbocycles. The fourth-order valence-corrected chi connectivity index (χ4v) is 0.185. The lowest BCUT2D eigenvalue weighted by Gasteiger charge is -1.79. The standard InChI is InChI=1S/C3H6NO2P/c4-6-2-1-3(5)7/h1-2H,4,7H2/b2-1+. The fourth-order valence-electron chi connectivity index (χ4n) is 0.106. The predicted octanol–water partition coefficient (Wildman–Crippen LogP) is -0.208. The SMILES string of the molecule is NO/C=C/C(=O)P. The molecule has 40 valence electrons. The van der Waals surface area contributed by atoms with Gasteiger partial charge in [0.1, 0.15) is 6.26 Å². The largest absolute Gasteiger partial charge is 0.419 e. The summed E-state index contributed by atoms with van der Waals surface area (Å²) in [6, 6.07) is 0. The van der Waals surface area contributed by atoms with Crippen LogP contribution in [0, 0.1) is 0 Å². The molecule has 0 heterocycles. The van der Waals surface area contributed by atoms with Gasteiger partial charge in [-0.15, -0.1) is 0 Å². The van der Waals surface area contributed by atoms with Gasteiger partial charge < -0.3 is 4.84 Å². The maximum Gasteiger partial charge on any atom is 0.174 e. The summed E-state index contributed by atoms with van der Waals surface area (Å²) in [5.74, 6) is 4.53. The first kappa shape index (κ1) is 6.60. The highest BCUT2D eigenvalue weighted by Gasteiger charge is 1.76. The average Bonchev–Trinajstić information content (AvgIpc) is 1.61. The van der Waals surface area contributed by atoms with Gasteiger partial charge in [-0.2, -0.15) is 5.90 Å². The van der Waals surface area contributed by atoms with Crippen LogP contribution in [0.15, 0.2) is 12.3 Å². The fraction of sp³-hybridized carbons (Fsp3) is 0. The van der Waals surface area contributed by atoms with Crippen LogP contribution in [0.2, 0.25) is 0 Å². The molecule has 0 rings (SSSR count). The number of nitrogens with two attached hydrogens (primary N) is 1. The number of carbonyl (C=O) groups excluding carboxylic acids is 1. The van der Waals surface area contributed by atoms with Crippen molar-refractivity contribution in [1.82, 2.24) is 0 Å². The molecule has 0 amide bonds. The van der Waals surface area contributed by atoms with E-state index < -0.39 is 0 Å². The van der Waals surface area contributed by atoms with Gasteiger partial charge in [-0.1, -0.05) is 9.24 Å². The van der Waals surface area contributed by atoms with Crippen LogP contribution < -0.4 is 5.90 Å². The van der Waals surface area contributed by atoms with Crippen molar-refractivity contribution in [3.8, 4) is 0 Å². The van der Waals surface area contributed by atoms with E-state index in [1.807, 2.05) is 9.24 Å². The molecule has 0 radical (unpaired) electrons. The summed E-state index contributed by atoms with van der Waals surface area (Å²) in [6.45, 7) is 0. The monoisotopic (exact) mass is 119 g/mol. The summed E-state index contributed by atoms with van der Waals surface area (Å²) >= 11 is 0. The third kappa shape index (κ3) is 5.60. The molecule has 1 unspecified atom stereocenters. The first-order valence-corrected chi connectivity index (χ1v) is 2.16. The van der Waals surface area contributed by atoms with E-state index in [0.29, 0.717) is 0 Å². The summed E-state index contributed by atoms with van der Waals surface area (Å²) in [5.41, 5.74) is -0.162. The van der Waals surface area contributed by atoms with Gasteiger partial charge in [-0.25, -0.2) is 0 Å². The van der Waals surface area contributed by atoms with E-state index in [0.717, 1.165) is 6.26 Å². The van der Waals surface area contributed by atoms with E-state index in [-0.39, 0.29) is 5.52 Å². The molecule has 4 heteroatoms. The van der Waals surface area contributed by atoms with Crippen LogP contribution in [0.25, 0.3) is 0 Å². The highest BCUT2D eigenvalue weighted by Crippen LogP contribution is 1.84. The molecule has 7 heavy (non-hydrogen) atoms. The highest BCUT2D eigenvalue weighted by molar-refractivity contribution is 7.40. The zero-order chi connectivity index (χ0) is 5.70. The summed E-state index contributed by atoms with van der Waals surface area (Å²) < 4.78 is 0. The van der Waals surface area contributed by atoms with E-state index in [4.69, 9.17) is 0 Å². The van der Waals surface area contributed by atoms with E-state index in [2.05, 4.69) is 10.7 Å². The summed E-state index contributed by atoms with van der Waals surface area (Å²) in [6.07, 6.45) is 2.31. The van der Waals surface area contributed by atoms with E-state index in [9.17, 15) is 4.79 Å². The Kier molecular flexibility index (Phi) is 3.56. The van der Waals surface area contributed by atoms with E-state index in [1.165, 1.54) is 6.08 Å². The molecular weight excluding hydrogens is 113 g/mol. The lowest BCUT2D eigenvalue weighted by atomic mass is 10.7. The second kappa shape index (κ2) is 3.78. The van der Waals surface area contributed by atoms with Gasteiger partial charge in [0.25, 0.3) is 0 Å². The molecule has 2 N–H and O–H groups in total.